The quantitative estimate of drug-likeness (QED) is 0.705. The van der Waals surface area contributed by atoms with E-state index in [2.05, 4.69) is 19.2 Å². The lowest BCUT2D eigenvalue weighted by atomic mass is 9.98. The van der Waals surface area contributed by atoms with E-state index in [0.717, 1.165) is 23.0 Å². The molecule has 0 heterocycles. The molecule has 1 nitrogen and oxygen atoms in total. The summed E-state index contributed by atoms with van der Waals surface area (Å²) in [5.41, 5.74) is 0. The second-order valence-electron chi connectivity index (χ2n) is 4.86. The van der Waals surface area contributed by atoms with Crippen LogP contribution in [0.3, 0.4) is 0 Å². The first kappa shape index (κ1) is 15.5. The minimum atomic E-state index is -0.112. The van der Waals surface area contributed by atoms with Gasteiger partial charge in [-0.05, 0) is 31.5 Å². The minimum absolute atomic E-state index is 0.112. The summed E-state index contributed by atoms with van der Waals surface area (Å²) in [5, 5.41) is 3.34. The first-order chi connectivity index (χ1) is 8.67. The molecule has 0 aromatic heterocycles. The largest absolute Gasteiger partial charge is 0.316 e. The maximum Gasteiger partial charge on any atom is 0.136 e. The molecule has 2 unspecified atom stereocenters. The van der Waals surface area contributed by atoms with Gasteiger partial charge < -0.3 is 5.32 Å². The van der Waals surface area contributed by atoms with Crippen molar-refractivity contribution in [2.45, 2.75) is 44.0 Å². The lowest BCUT2D eigenvalue weighted by molar-refractivity contribution is 0.420. The monoisotopic (exact) mass is 269 g/mol. The van der Waals surface area contributed by atoms with Crippen molar-refractivity contribution in [2.24, 2.45) is 5.92 Å². The van der Waals surface area contributed by atoms with Crippen LogP contribution in [0.1, 0.15) is 33.1 Å². The van der Waals surface area contributed by atoms with Gasteiger partial charge in [0, 0.05) is 16.7 Å². The minimum Gasteiger partial charge on any atom is -0.316 e. The van der Waals surface area contributed by atoms with E-state index >= 15 is 0 Å². The van der Waals surface area contributed by atoms with Crippen molar-refractivity contribution in [3.8, 4) is 0 Å². The van der Waals surface area contributed by atoms with Crippen LogP contribution in [-0.4, -0.2) is 18.8 Å². The van der Waals surface area contributed by atoms with E-state index in [0.29, 0.717) is 6.04 Å². The summed E-state index contributed by atoms with van der Waals surface area (Å²) in [6, 6.07) is 7.45. The predicted molar refractivity (Wildman–Crippen MR) is 78.7 cm³/mol. The van der Waals surface area contributed by atoms with E-state index in [1.807, 2.05) is 19.2 Å². The van der Waals surface area contributed by atoms with Gasteiger partial charge in [0.2, 0.25) is 0 Å². The topological polar surface area (TPSA) is 12.0 Å². The van der Waals surface area contributed by atoms with Crippen LogP contribution in [-0.2, 0) is 0 Å². The molecular formula is C15H24FNS. The van der Waals surface area contributed by atoms with Gasteiger partial charge >= 0.3 is 0 Å². The van der Waals surface area contributed by atoms with Crippen molar-refractivity contribution in [1.29, 1.82) is 0 Å². The number of hydrogen-bond donors (Lipinski definition) is 1. The molecule has 3 heteroatoms. The highest BCUT2D eigenvalue weighted by Crippen LogP contribution is 2.24. The summed E-state index contributed by atoms with van der Waals surface area (Å²) in [6.07, 6.45) is 3.66. The van der Waals surface area contributed by atoms with E-state index in [1.54, 1.807) is 17.8 Å². The normalized spacial score (nSPS) is 14.4. The highest BCUT2D eigenvalue weighted by Gasteiger charge is 2.12. The third kappa shape index (κ3) is 5.40. The Morgan fingerprint density at radius 3 is 2.67 bits per heavy atom. The zero-order valence-corrected chi connectivity index (χ0v) is 12.4. The second-order valence-corrected chi connectivity index (χ2v) is 5.92. The molecule has 1 aromatic rings. The van der Waals surface area contributed by atoms with E-state index in [1.165, 1.54) is 18.9 Å². The van der Waals surface area contributed by atoms with Crippen LogP contribution >= 0.6 is 11.8 Å². The number of benzene rings is 1. The number of rotatable bonds is 8. The fraction of sp³-hybridized carbons (Fsp3) is 0.600. The van der Waals surface area contributed by atoms with E-state index in [-0.39, 0.29) is 5.82 Å². The van der Waals surface area contributed by atoms with Crippen LogP contribution < -0.4 is 5.32 Å². The molecule has 1 aromatic carbocycles. The molecular weight excluding hydrogens is 245 g/mol. The van der Waals surface area contributed by atoms with E-state index in [9.17, 15) is 4.39 Å². The summed E-state index contributed by atoms with van der Waals surface area (Å²) < 4.78 is 13.5. The molecule has 0 aliphatic heterocycles. The van der Waals surface area contributed by atoms with Gasteiger partial charge in [0.15, 0.2) is 0 Å². The van der Waals surface area contributed by atoms with Crippen molar-refractivity contribution in [3.63, 3.8) is 0 Å². The molecule has 0 aliphatic carbocycles. The Morgan fingerprint density at radius 1 is 1.33 bits per heavy atom. The SMILES string of the molecule is CCCC(C)CC(CSc1ccccc1F)NC. The molecule has 0 fully saturated rings. The van der Waals surface area contributed by atoms with Crippen LogP contribution in [0.5, 0.6) is 0 Å². The molecule has 0 saturated heterocycles. The van der Waals surface area contributed by atoms with Gasteiger partial charge in [-0.15, -0.1) is 11.8 Å². The third-order valence-electron chi connectivity index (χ3n) is 3.15. The fourth-order valence-corrected chi connectivity index (χ4v) is 3.18. The molecule has 0 bridgehead atoms. The van der Waals surface area contributed by atoms with Crippen molar-refractivity contribution in [2.75, 3.05) is 12.8 Å². The molecule has 2 atom stereocenters. The predicted octanol–water partition coefficient (Wildman–Crippen LogP) is 4.33. The Labute approximate surface area is 115 Å². The van der Waals surface area contributed by atoms with Crippen LogP contribution in [0.4, 0.5) is 4.39 Å². The zero-order valence-electron chi connectivity index (χ0n) is 11.6. The maximum atomic E-state index is 13.5. The zero-order chi connectivity index (χ0) is 13.4. The molecule has 1 N–H and O–H groups in total. The first-order valence-electron chi connectivity index (χ1n) is 6.72. The highest BCUT2D eigenvalue weighted by molar-refractivity contribution is 7.99. The van der Waals surface area contributed by atoms with E-state index < -0.39 is 0 Å². The van der Waals surface area contributed by atoms with Gasteiger partial charge in [-0.1, -0.05) is 38.8 Å². The van der Waals surface area contributed by atoms with Crippen molar-refractivity contribution >= 4 is 11.8 Å². The average Bonchev–Trinajstić information content (AvgIpc) is 2.36. The maximum absolute atomic E-state index is 13.5. The molecule has 0 radical (unpaired) electrons. The molecule has 18 heavy (non-hydrogen) atoms. The first-order valence-corrected chi connectivity index (χ1v) is 7.70. The second kappa shape index (κ2) is 8.54. The Bertz CT molecular complexity index is 343. The molecule has 0 saturated carbocycles. The Balaban J connectivity index is 2.42. The third-order valence-corrected chi connectivity index (χ3v) is 4.36. The van der Waals surface area contributed by atoms with Crippen LogP contribution in [0.2, 0.25) is 0 Å². The number of nitrogens with one attached hydrogen (secondary N) is 1. The van der Waals surface area contributed by atoms with Crippen LogP contribution in [0.25, 0.3) is 0 Å². The molecule has 1 rings (SSSR count). The lowest BCUT2D eigenvalue weighted by Gasteiger charge is -2.20. The van der Waals surface area contributed by atoms with Gasteiger partial charge in [0.1, 0.15) is 5.82 Å². The standard InChI is InChI=1S/C15H24FNS/c1-4-7-12(2)10-13(17-3)11-18-15-9-6-5-8-14(15)16/h5-6,8-9,12-13,17H,4,7,10-11H2,1-3H3. The fourth-order valence-electron chi connectivity index (χ4n) is 2.12. The molecule has 102 valence electrons. The summed E-state index contributed by atoms with van der Waals surface area (Å²) in [7, 11) is 1.99. The van der Waals surface area contributed by atoms with Gasteiger partial charge in [-0.25, -0.2) is 4.39 Å². The number of hydrogen-bond acceptors (Lipinski definition) is 2. The molecule has 0 amide bonds. The summed E-state index contributed by atoms with van der Waals surface area (Å²) in [4.78, 5) is 0.751. The summed E-state index contributed by atoms with van der Waals surface area (Å²) in [6.45, 7) is 4.51. The van der Waals surface area contributed by atoms with Crippen molar-refractivity contribution in [3.05, 3.63) is 30.1 Å². The smallest absolute Gasteiger partial charge is 0.136 e. The van der Waals surface area contributed by atoms with E-state index in [4.69, 9.17) is 0 Å². The Morgan fingerprint density at radius 2 is 2.06 bits per heavy atom. The number of thioether (sulfide) groups is 1. The van der Waals surface area contributed by atoms with Crippen molar-refractivity contribution < 1.29 is 4.39 Å². The van der Waals surface area contributed by atoms with Gasteiger partial charge in [0.25, 0.3) is 0 Å². The van der Waals surface area contributed by atoms with Crippen molar-refractivity contribution in [1.82, 2.24) is 5.32 Å². The highest BCUT2D eigenvalue weighted by atomic mass is 32.2. The van der Waals surface area contributed by atoms with Gasteiger partial charge in [-0.2, -0.15) is 0 Å². The Kier molecular flexibility index (Phi) is 7.36. The van der Waals surface area contributed by atoms with Crippen LogP contribution in [0, 0.1) is 11.7 Å². The number of halogens is 1. The summed E-state index contributed by atoms with van der Waals surface area (Å²) in [5.74, 6) is 1.54. The molecule has 0 aliphatic rings. The van der Waals surface area contributed by atoms with Gasteiger partial charge in [-0.3, -0.25) is 0 Å². The van der Waals surface area contributed by atoms with Crippen LogP contribution in [0.15, 0.2) is 29.2 Å². The molecule has 0 spiro atoms. The average molecular weight is 269 g/mol. The summed E-state index contributed by atoms with van der Waals surface area (Å²) >= 11 is 1.60. The Hall–Kier alpha value is -0.540. The van der Waals surface area contributed by atoms with Gasteiger partial charge in [0.05, 0.1) is 0 Å². The lowest BCUT2D eigenvalue weighted by Crippen LogP contribution is -2.29.